The van der Waals surface area contributed by atoms with Crippen molar-refractivity contribution in [2.75, 3.05) is 19.0 Å². The van der Waals surface area contributed by atoms with Crippen LogP contribution in [0.4, 0.5) is 5.95 Å². The van der Waals surface area contributed by atoms with E-state index in [1.807, 2.05) is 0 Å². The smallest absolute Gasteiger partial charge is 0.233 e. The molecule has 96 valence electrons. The van der Waals surface area contributed by atoms with Gasteiger partial charge < -0.3 is 9.72 Å². The maximum Gasteiger partial charge on any atom is 0.233 e. The first-order valence-electron chi connectivity index (χ1n) is 5.36. The van der Waals surface area contributed by atoms with Gasteiger partial charge in [0.1, 0.15) is 5.52 Å². The number of amides is 1. The Balaban J connectivity index is 2.05. The van der Waals surface area contributed by atoms with Gasteiger partial charge in [0, 0.05) is 20.1 Å². The van der Waals surface area contributed by atoms with E-state index < -0.39 is 0 Å². The number of methoxy groups -OCH3 is 1. The number of halogens is 1. The lowest BCUT2D eigenvalue weighted by atomic mass is 10.3. The number of nitrogens with one attached hydrogen (secondary N) is 2. The normalized spacial score (nSPS) is 10.8. The number of hydrogen-bond donors (Lipinski definition) is 2. The lowest BCUT2D eigenvalue weighted by Gasteiger charge is -2.03. The molecule has 0 aliphatic carbocycles. The second kappa shape index (κ2) is 5.74. The highest BCUT2D eigenvalue weighted by Gasteiger charge is 2.10. The SMILES string of the molecule is COCCCC(=O)Nc1nc(Cl)c2[nH]cnc2n1. The monoisotopic (exact) mass is 269 g/mol. The number of carbonyl (C=O) groups is 1. The third-order valence-electron chi connectivity index (χ3n) is 2.25. The van der Waals surface area contributed by atoms with E-state index in [2.05, 4.69) is 25.3 Å². The van der Waals surface area contributed by atoms with Crippen LogP contribution in [0.3, 0.4) is 0 Å². The van der Waals surface area contributed by atoms with Crippen LogP contribution in [0.5, 0.6) is 0 Å². The number of ether oxygens (including phenoxy) is 1. The number of fused-ring (bicyclic) bond motifs is 1. The molecule has 1 amide bonds. The molecule has 2 heterocycles. The van der Waals surface area contributed by atoms with Gasteiger partial charge in [-0.2, -0.15) is 9.97 Å². The van der Waals surface area contributed by atoms with Crippen molar-refractivity contribution < 1.29 is 9.53 Å². The number of imidazole rings is 1. The minimum atomic E-state index is -0.182. The van der Waals surface area contributed by atoms with Crippen molar-refractivity contribution in [3.8, 4) is 0 Å². The second-order valence-electron chi connectivity index (χ2n) is 3.58. The van der Waals surface area contributed by atoms with E-state index in [0.717, 1.165) is 0 Å². The van der Waals surface area contributed by atoms with E-state index in [1.165, 1.54) is 6.33 Å². The van der Waals surface area contributed by atoms with Gasteiger partial charge in [-0.25, -0.2) is 4.98 Å². The summed E-state index contributed by atoms with van der Waals surface area (Å²) < 4.78 is 4.86. The van der Waals surface area contributed by atoms with E-state index in [-0.39, 0.29) is 17.0 Å². The predicted octanol–water partition coefficient (Wildman–Crippen LogP) is 1.37. The highest BCUT2D eigenvalue weighted by atomic mass is 35.5. The minimum Gasteiger partial charge on any atom is -0.385 e. The van der Waals surface area contributed by atoms with Gasteiger partial charge in [0.15, 0.2) is 10.8 Å². The molecule has 2 N–H and O–H groups in total. The van der Waals surface area contributed by atoms with Crippen molar-refractivity contribution in [2.45, 2.75) is 12.8 Å². The van der Waals surface area contributed by atoms with Gasteiger partial charge in [0.05, 0.1) is 6.33 Å². The number of carbonyl (C=O) groups excluding carboxylic acids is 1. The molecule has 0 fully saturated rings. The molecular formula is C10H12ClN5O2. The minimum absolute atomic E-state index is 0.155. The number of H-pyrrole nitrogens is 1. The molecule has 2 aromatic heterocycles. The lowest BCUT2D eigenvalue weighted by Crippen LogP contribution is -2.14. The van der Waals surface area contributed by atoms with Crippen molar-refractivity contribution in [3.63, 3.8) is 0 Å². The fraction of sp³-hybridized carbons (Fsp3) is 0.400. The first kappa shape index (κ1) is 12.7. The van der Waals surface area contributed by atoms with E-state index in [1.54, 1.807) is 7.11 Å². The summed E-state index contributed by atoms with van der Waals surface area (Å²) in [4.78, 5) is 26.4. The number of aromatic amines is 1. The van der Waals surface area contributed by atoms with Gasteiger partial charge in [-0.3, -0.25) is 10.1 Å². The molecule has 0 aliphatic rings. The van der Waals surface area contributed by atoms with Crippen LogP contribution < -0.4 is 5.32 Å². The third-order valence-corrected chi connectivity index (χ3v) is 2.52. The van der Waals surface area contributed by atoms with Crippen LogP contribution in [0.2, 0.25) is 5.15 Å². The summed E-state index contributed by atoms with van der Waals surface area (Å²) in [6.07, 6.45) is 2.45. The maximum atomic E-state index is 11.6. The van der Waals surface area contributed by atoms with Crippen molar-refractivity contribution >= 4 is 34.6 Å². The molecule has 0 saturated heterocycles. The number of nitrogens with zero attached hydrogens (tertiary/aromatic N) is 3. The third kappa shape index (κ3) is 2.93. The summed E-state index contributed by atoms with van der Waals surface area (Å²) in [5.41, 5.74) is 0.969. The van der Waals surface area contributed by atoms with Gasteiger partial charge >= 0.3 is 0 Å². The van der Waals surface area contributed by atoms with E-state index >= 15 is 0 Å². The quantitative estimate of drug-likeness (QED) is 0.632. The van der Waals surface area contributed by atoms with E-state index in [0.29, 0.717) is 30.6 Å². The Bertz CT molecular complexity index is 556. The summed E-state index contributed by atoms with van der Waals surface area (Å²) in [6.45, 7) is 0.535. The molecule has 0 unspecified atom stereocenters. The van der Waals surface area contributed by atoms with Crippen LogP contribution in [0, 0.1) is 0 Å². The van der Waals surface area contributed by atoms with Crippen LogP contribution in [0.15, 0.2) is 6.33 Å². The van der Waals surface area contributed by atoms with Crippen LogP contribution in [-0.2, 0) is 9.53 Å². The predicted molar refractivity (Wildman–Crippen MR) is 66.4 cm³/mol. The van der Waals surface area contributed by atoms with Crippen LogP contribution >= 0.6 is 11.6 Å². The number of aromatic nitrogens is 4. The zero-order valence-electron chi connectivity index (χ0n) is 9.73. The summed E-state index contributed by atoms with van der Waals surface area (Å²) >= 11 is 5.92. The molecule has 7 nitrogen and oxygen atoms in total. The Hall–Kier alpha value is -1.73. The Morgan fingerprint density at radius 2 is 2.39 bits per heavy atom. The van der Waals surface area contributed by atoms with Crippen LogP contribution in [0.1, 0.15) is 12.8 Å². The van der Waals surface area contributed by atoms with E-state index in [4.69, 9.17) is 16.3 Å². The molecule has 2 aromatic rings. The number of rotatable bonds is 5. The molecule has 0 radical (unpaired) electrons. The first-order valence-corrected chi connectivity index (χ1v) is 5.74. The molecule has 2 rings (SSSR count). The Labute approximate surface area is 108 Å². The summed E-state index contributed by atoms with van der Waals surface area (Å²) in [6, 6.07) is 0. The van der Waals surface area contributed by atoms with Crippen molar-refractivity contribution in [3.05, 3.63) is 11.5 Å². The van der Waals surface area contributed by atoms with Crippen molar-refractivity contribution in [2.24, 2.45) is 0 Å². The summed E-state index contributed by atoms with van der Waals surface area (Å²) in [5.74, 6) is -0.0278. The molecule has 0 aliphatic heterocycles. The largest absolute Gasteiger partial charge is 0.385 e. The van der Waals surface area contributed by atoms with Gasteiger partial charge in [-0.05, 0) is 6.42 Å². The molecule has 8 heteroatoms. The lowest BCUT2D eigenvalue weighted by molar-refractivity contribution is -0.116. The highest BCUT2D eigenvalue weighted by molar-refractivity contribution is 6.33. The molecular weight excluding hydrogens is 258 g/mol. The summed E-state index contributed by atoms with van der Waals surface area (Å²) in [5, 5.41) is 2.80. The van der Waals surface area contributed by atoms with Gasteiger partial charge in [0.2, 0.25) is 11.9 Å². The molecule has 0 atom stereocenters. The zero-order chi connectivity index (χ0) is 13.0. The average molecular weight is 270 g/mol. The zero-order valence-corrected chi connectivity index (χ0v) is 10.5. The Kier molecular flexibility index (Phi) is 4.06. The van der Waals surface area contributed by atoms with Crippen molar-refractivity contribution in [1.82, 2.24) is 19.9 Å². The first-order chi connectivity index (χ1) is 8.70. The van der Waals surface area contributed by atoms with Crippen LogP contribution in [0.25, 0.3) is 11.2 Å². The maximum absolute atomic E-state index is 11.6. The molecule has 18 heavy (non-hydrogen) atoms. The fourth-order valence-electron chi connectivity index (χ4n) is 1.42. The van der Waals surface area contributed by atoms with Gasteiger partial charge in [-0.1, -0.05) is 11.6 Å². The number of anilines is 1. The van der Waals surface area contributed by atoms with Crippen LogP contribution in [-0.4, -0.2) is 39.6 Å². The van der Waals surface area contributed by atoms with Crippen molar-refractivity contribution in [1.29, 1.82) is 0 Å². The topological polar surface area (TPSA) is 92.8 Å². The Morgan fingerprint density at radius 1 is 1.56 bits per heavy atom. The number of hydrogen-bond acceptors (Lipinski definition) is 5. The average Bonchev–Trinajstić information content (AvgIpc) is 2.78. The molecule has 0 aromatic carbocycles. The standard InChI is InChI=1S/C10H12ClN5O2/c1-18-4-2-3-6(17)14-10-15-8(11)7-9(16-10)13-5-12-7/h5H,2-4H2,1H3,(H2,12,13,14,15,16,17). The highest BCUT2D eigenvalue weighted by Crippen LogP contribution is 2.18. The molecule has 0 saturated carbocycles. The second-order valence-corrected chi connectivity index (χ2v) is 3.94. The van der Waals surface area contributed by atoms with E-state index in [9.17, 15) is 4.79 Å². The molecule has 0 bridgehead atoms. The van der Waals surface area contributed by atoms with Gasteiger partial charge in [0.25, 0.3) is 0 Å². The molecule has 0 spiro atoms. The van der Waals surface area contributed by atoms with Gasteiger partial charge in [-0.15, -0.1) is 0 Å². The fourth-order valence-corrected chi connectivity index (χ4v) is 1.64. The Morgan fingerprint density at radius 3 is 3.17 bits per heavy atom. The summed E-state index contributed by atoms with van der Waals surface area (Å²) in [7, 11) is 1.59.